The minimum Gasteiger partial charge on any atom is -0.390 e. The zero-order valence-electron chi connectivity index (χ0n) is 5.59. The van der Waals surface area contributed by atoms with Crippen LogP contribution in [0.25, 0.3) is 0 Å². The maximum atomic E-state index is 10.7. The van der Waals surface area contributed by atoms with Crippen LogP contribution in [0.15, 0.2) is 10.9 Å². The van der Waals surface area contributed by atoms with E-state index in [0.717, 1.165) is 5.69 Å². The first-order valence-corrected chi connectivity index (χ1v) is 2.69. The third kappa shape index (κ3) is 0.740. The van der Waals surface area contributed by atoms with Gasteiger partial charge in [-0.1, -0.05) is 6.07 Å². The molecule has 1 aromatic heterocycles. The summed E-state index contributed by atoms with van der Waals surface area (Å²) in [5, 5.41) is 0. The van der Waals surface area contributed by atoms with Crippen molar-refractivity contribution in [1.29, 1.82) is 0 Å². The molecule has 9 heavy (non-hydrogen) atoms. The number of aromatic nitrogens is 2. The highest BCUT2D eigenvalue weighted by molar-refractivity contribution is 4.98. The van der Waals surface area contributed by atoms with Gasteiger partial charge in [-0.05, 0) is 6.92 Å². The smallest absolute Gasteiger partial charge is 0.113 e. The minimum absolute atomic E-state index is 0.0602. The monoisotopic (exact) mass is 125 g/mol. The predicted molar refractivity (Wildman–Crippen MR) is 35.2 cm³/mol. The van der Waals surface area contributed by atoms with Crippen molar-refractivity contribution < 1.29 is 0 Å². The summed E-state index contributed by atoms with van der Waals surface area (Å²) in [6.45, 7) is 1.86. The largest absolute Gasteiger partial charge is 0.390 e. The lowest BCUT2D eigenvalue weighted by Gasteiger charge is -2.06. The molecule has 0 radical (unpaired) electrons. The molecule has 0 saturated carbocycles. The molecule has 0 aliphatic carbocycles. The van der Waals surface area contributed by atoms with Crippen molar-refractivity contribution in [3.8, 4) is 0 Å². The van der Waals surface area contributed by atoms with Crippen LogP contribution in [0.3, 0.4) is 0 Å². The Morgan fingerprint density at radius 1 is 1.67 bits per heavy atom. The van der Waals surface area contributed by atoms with Gasteiger partial charge in [0.2, 0.25) is 0 Å². The first-order valence-electron chi connectivity index (χ1n) is 2.69. The van der Waals surface area contributed by atoms with E-state index in [1.54, 1.807) is 17.8 Å². The van der Waals surface area contributed by atoms with Crippen molar-refractivity contribution in [3.05, 3.63) is 29.2 Å². The van der Waals surface area contributed by atoms with Crippen molar-refractivity contribution in [3.63, 3.8) is 0 Å². The minimum atomic E-state index is -0.0602. The van der Waals surface area contributed by atoms with Gasteiger partial charge < -0.3 is 14.2 Å². The zero-order valence-corrected chi connectivity index (χ0v) is 5.59. The number of aryl methyl sites for hydroxylation is 1. The van der Waals surface area contributed by atoms with Crippen LogP contribution in [0.1, 0.15) is 5.69 Å². The Hall–Kier alpha value is -1.12. The van der Waals surface area contributed by atoms with Gasteiger partial charge in [0.15, 0.2) is 0 Å². The molecule has 0 N–H and O–H groups in total. The van der Waals surface area contributed by atoms with Crippen molar-refractivity contribution in [2.75, 3.05) is 0 Å². The van der Waals surface area contributed by atoms with Crippen LogP contribution in [-0.2, 0) is 7.05 Å². The second-order valence-electron chi connectivity index (χ2n) is 2.05. The van der Waals surface area contributed by atoms with Gasteiger partial charge >= 0.3 is 0 Å². The fourth-order valence-corrected chi connectivity index (χ4v) is 0.685. The van der Waals surface area contributed by atoms with E-state index >= 15 is 0 Å². The van der Waals surface area contributed by atoms with E-state index in [9.17, 15) is 4.79 Å². The van der Waals surface area contributed by atoms with Crippen LogP contribution in [0.4, 0.5) is 0 Å². The molecule has 0 unspecified atom stereocenters. The highest BCUT2D eigenvalue weighted by Crippen LogP contribution is 1.88. The molecular formula is C6H9N2O-. The first kappa shape index (κ1) is 6.01. The summed E-state index contributed by atoms with van der Waals surface area (Å²) in [6.07, 6.45) is 0. The topological polar surface area (TPSA) is 26.9 Å². The van der Waals surface area contributed by atoms with Gasteiger partial charge in [0.25, 0.3) is 0 Å². The number of rotatable bonds is 0. The van der Waals surface area contributed by atoms with E-state index in [2.05, 4.69) is 7.05 Å². The molecular weight excluding hydrogens is 116 g/mol. The lowest BCUT2D eigenvalue weighted by atomic mass is 10.5. The van der Waals surface area contributed by atoms with E-state index < -0.39 is 0 Å². The Labute approximate surface area is 53.5 Å². The number of hydrogen-bond donors (Lipinski definition) is 0. The molecule has 1 heterocycles. The van der Waals surface area contributed by atoms with Gasteiger partial charge in [0.1, 0.15) is 5.56 Å². The Morgan fingerprint density at radius 3 is 2.33 bits per heavy atom. The van der Waals surface area contributed by atoms with E-state index in [4.69, 9.17) is 0 Å². The molecule has 0 saturated heterocycles. The predicted octanol–water partition coefficient (Wildman–Crippen LogP) is 0.135. The molecule has 0 aliphatic heterocycles. The van der Waals surface area contributed by atoms with Gasteiger partial charge in [0, 0.05) is 12.7 Å². The number of hydrogen-bond acceptors (Lipinski definition) is 1. The Balaban J connectivity index is 3.47. The molecule has 1 rings (SSSR count). The summed E-state index contributed by atoms with van der Waals surface area (Å²) in [7, 11) is 5.30. The molecule has 0 aromatic carbocycles. The molecule has 0 bridgehead atoms. The number of nitrogens with zero attached hydrogens (tertiary/aromatic N) is 2. The van der Waals surface area contributed by atoms with Crippen LogP contribution >= 0.6 is 0 Å². The lowest BCUT2D eigenvalue weighted by molar-refractivity contribution is 0.625. The molecule has 0 atom stereocenters. The molecule has 1 aromatic rings. The second kappa shape index (κ2) is 1.69. The highest BCUT2D eigenvalue weighted by atomic mass is 16.1. The Bertz CT molecular complexity index is 269. The molecule has 0 aliphatic rings. The van der Waals surface area contributed by atoms with E-state index in [1.807, 2.05) is 6.92 Å². The summed E-state index contributed by atoms with van der Waals surface area (Å²) >= 11 is 0. The molecule has 3 heteroatoms. The van der Waals surface area contributed by atoms with Gasteiger partial charge in [-0.2, -0.15) is 7.05 Å². The Morgan fingerprint density at radius 2 is 2.22 bits per heavy atom. The SMILES string of the molecule is [CH2-]n1c(=O)cc(C)n1C. The van der Waals surface area contributed by atoms with Crippen LogP contribution in [0.2, 0.25) is 0 Å². The average molecular weight is 125 g/mol. The molecule has 50 valence electrons. The summed E-state index contributed by atoms with van der Waals surface area (Å²) in [4.78, 5) is 10.7. The van der Waals surface area contributed by atoms with Crippen molar-refractivity contribution >= 4 is 0 Å². The first-order chi connectivity index (χ1) is 4.13. The maximum absolute atomic E-state index is 10.7. The summed E-state index contributed by atoms with van der Waals surface area (Å²) in [5.41, 5.74) is 0.866. The van der Waals surface area contributed by atoms with Crippen molar-refractivity contribution in [2.45, 2.75) is 6.92 Å². The molecule has 0 fully saturated rings. The van der Waals surface area contributed by atoms with Crippen LogP contribution in [0, 0.1) is 14.0 Å². The van der Waals surface area contributed by atoms with Gasteiger partial charge in [-0.25, -0.2) is 0 Å². The van der Waals surface area contributed by atoms with Crippen LogP contribution in [0.5, 0.6) is 0 Å². The molecule has 3 nitrogen and oxygen atoms in total. The average Bonchev–Trinajstić information content (AvgIpc) is 1.98. The van der Waals surface area contributed by atoms with Gasteiger partial charge in [0.05, 0.1) is 0 Å². The summed E-state index contributed by atoms with van der Waals surface area (Å²) in [5.74, 6) is 0. The van der Waals surface area contributed by atoms with Crippen molar-refractivity contribution in [1.82, 2.24) is 9.36 Å². The van der Waals surface area contributed by atoms with E-state index in [1.165, 1.54) is 4.68 Å². The summed E-state index contributed by atoms with van der Waals surface area (Å²) < 4.78 is 3.01. The van der Waals surface area contributed by atoms with Crippen LogP contribution < -0.4 is 5.56 Å². The van der Waals surface area contributed by atoms with Crippen LogP contribution in [-0.4, -0.2) is 9.36 Å². The molecule has 0 spiro atoms. The van der Waals surface area contributed by atoms with E-state index in [0.29, 0.717) is 0 Å². The highest BCUT2D eigenvalue weighted by Gasteiger charge is 1.88. The maximum Gasteiger partial charge on any atom is 0.113 e. The standard InChI is InChI=1S/C6H9N2O/c1-5-4-6(9)8(3)7(5)2/h4H,3H2,1-2H3/q-1. The third-order valence-electron chi connectivity index (χ3n) is 1.46. The quantitative estimate of drug-likeness (QED) is 0.453. The van der Waals surface area contributed by atoms with Crippen molar-refractivity contribution in [2.24, 2.45) is 7.05 Å². The van der Waals surface area contributed by atoms with Gasteiger partial charge in [-0.15, -0.1) is 0 Å². The van der Waals surface area contributed by atoms with Gasteiger partial charge in [-0.3, -0.25) is 0 Å². The molecule has 0 amide bonds. The zero-order chi connectivity index (χ0) is 7.02. The van der Waals surface area contributed by atoms with E-state index in [-0.39, 0.29) is 5.56 Å². The Kier molecular flexibility index (Phi) is 1.12. The lowest BCUT2D eigenvalue weighted by Crippen LogP contribution is -2.14. The fourth-order valence-electron chi connectivity index (χ4n) is 0.685. The normalized spacial score (nSPS) is 10.0. The second-order valence-corrected chi connectivity index (χ2v) is 2.05. The fraction of sp³-hybridized carbons (Fsp3) is 0.333. The third-order valence-corrected chi connectivity index (χ3v) is 1.46. The summed E-state index contributed by atoms with van der Waals surface area (Å²) in [6, 6.07) is 1.55.